The van der Waals surface area contributed by atoms with Crippen molar-refractivity contribution in [2.24, 2.45) is 0 Å². The van der Waals surface area contributed by atoms with Gasteiger partial charge in [-0.1, -0.05) is 13.8 Å². The van der Waals surface area contributed by atoms with Crippen LogP contribution in [-0.4, -0.2) is 9.97 Å². The van der Waals surface area contributed by atoms with E-state index in [4.69, 9.17) is 0 Å². The molecule has 0 saturated heterocycles. The lowest BCUT2D eigenvalue weighted by molar-refractivity contribution is 1.16. The molecule has 1 N–H and O–H groups in total. The second-order valence-corrected chi connectivity index (χ2v) is 2.74. The number of nitrogens with one attached hydrogen (secondary N) is 1. The van der Waals surface area contributed by atoms with Crippen LogP contribution in [0.5, 0.6) is 0 Å². The van der Waals surface area contributed by atoms with Crippen LogP contribution in [0.3, 0.4) is 0 Å². The fourth-order valence-corrected chi connectivity index (χ4v) is 1.24. The third-order valence-electron chi connectivity index (χ3n) is 1.78. The highest BCUT2D eigenvalue weighted by Crippen LogP contribution is 2.06. The van der Waals surface area contributed by atoms with E-state index in [1.807, 2.05) is 32.9 Å². The molecule has 0 unspecified atom stereocenters. The smallest absolute Gasteiger partial charge is 0.257 e. The van der Waals surface area contributed by atoms with Crippen LogP contribution in [0.1, 0.15) is 19.5 Å². The van der Waals surface area contributed by atoms with Crippen LogP contribution in [0.25, 0.3) is 10.8 Å². The lowest BCUT2D eigenvalue weighted by Gasteiger charge is -1.96. The van der Waals surface area contributed by atoms with Crippen LogP contribution in [-0.2, 0) is 0 Å². The number of aromatic nitrogens is 2. The van der Waals surface area contributed by atoms with Crippen LogP contribution in [0, 0.1) is 6.92 Å². The number of aromatic amines is 1. The lowest BCUT2D eigenvalue weighted by atomic mass is 10.2. The summed E-state index contributed by atoms with van der Waals surface area (Å²) in [6.45, 7) is 5.86. The van der Waals surface area contributed by atoms with Gasteiger partial charge in [-0.05, 0) is 24.4 Å². The largest absolute Gasteiger partial charge is 0.326 e. The highest BCUT2D eigenvalue weighted by atomic mass is 16.1. The van der Waals surface area contributed by atoms with Crippen molar-refractivity contribution in [3.8, 4) is 0 Å². The zero-order chi connectivity index (χ0) is 10.6. The van der Waals surface area contributed by atoms with E-state index < -0.39 is 0 Å². The molecular formula is C11H14N2O. The zero-order valence-corrected chi connectivity index (χ0v) is 8.66. The van der Waals surface area contributed by atoms with Gasteiger partial charge in [0.2, 0.25) is 0 Å². The van der Waals surface area contributed by atoms with Crippen LogP contribution < -0.4 is 5.56 Å². The van der Waals surface area contributed by atoms with E-state index in [0.29, 0.717) is 5.39 Å². The summed E-state index contributed by atoms with van der Waals surface area (Å²) in [5.74, 6) is 0. The molecule has 2 aromatic heterocycles. The van der Waals surface area contributed by atoms with Crippen LogP contribution in [0.15, 0.2) is 29.3 Å². The maximum Gasteiger partial charge on any atom is 0.257 e. The van der Waals surface area contributed by atoms with Gasteiger partial charge in [-0.2, -0.15) is 0 Å². The van der Waals surface area contributed by atoms with E-state index in [-0.39, 0.29) is 5.56 Å². The number of hydrogen-bond donors (Lipinski definition) is 1. The molecule has 0 bridgehead atoms. The Kier molecular flexibility index (Phi) is 3.40. The number of nitrogens with zero attached hydrogens (tertiary/aromatic N) is 1. The van der Waals surface area contributed by atoms with Crippen molar-refractivity contribution in [2.45, 2.75) is 20.8 Å². The van der Waals surface area contributed by atoms with Gasteiger partial charge in [0.1, 0.15) is 0 Å². The highest BCUT2D eigenvalue weighted by molar-refractivity contribution is 5.80. The van der Waals surface area contributed by atoms with Crippen molar-refractivity contribution in [1.29, 1.82) is 0 Å². The maximum absolute atomic E-state index is 11.3. The highest BCUT2D eigenvalue weighted by Gasteiger charge is 1.97. The van der Waals surface area contributed by atoms with Gasteiger partial charge in [0.05, 0.1) is 5.39 Å². The second kappa shape index (κ2) is 4.56. The Bertz CT molecular complexity index is 474. The Morgan fingerprint density at radius 2 is 2.07 bits per heavy atom. The quantitative estimate of drug-likeness (QED) is 0.692. The van der Waals surface area contributed by atoms with Crippen molar-refractivity contribution in [3.05, 3.63) is 40.6 Å². The van der Waals surface area contributed by atoms with Crippen molar-refractivity contribution < 1.29 is 0 Å². The average molecular weight is 190 g/mol. The Hall–Kier alpha value is -1.64. The molecule has 3 heteroatoms. The van der Waals surface area contributed by atoms with Gasteiger partial charge in [-0.3, -0.25) is 9.78 Å². The second-order valence-electron chi connectivity index (χ2n) is 2.74. The first-order valence-electron chi connectivity index (χ1n) is 4.71. The summed E-state index contributed by atoms with van der Waals surface area (Å²) in [5.41, 5.74) is 0.803. The van der Waals surface area contributed by atoms with Crippen molar-refractivity contribution >= 4 is 10.8 Å². The number of rotatable bonds is 0. The van der Waals surface area contributed by atoms with E-state index >= 15 is 0 Å². The van der Waals surface area contributed by atoms with Crippen molar-refractivity contribution in [2.75, 3.05) is 0 Å². The molecule has 0 fully saturated rings. The molecule has 0 aliphatic heterocycles. The molecule has 0 spiro atoms. The number of pyridine rings is 2. The van der Waals surface area contributed by atoms with Crippen LogP contribution in [0.4, 0.5) is 0 Å². The molecule has 0 radical (unpaired) electrons. The summed E-state index contributed by atoms with van der Waals surface area (Å²) in [4.78, 5) is 17.9. The molecule has 74 valence electrons. The molecule has 14 heavy (non-hydrogen) atoms. The molecule has 0 aromatic carbocycles. The molecular weight excluding hydrogens is 176 g/mol. The number of hydrogen-bond acceptors (Lipinski definition) is 2. The summed E-state index contributed by atoms with van der Waals surface area (Å²) >= 11 is 0. The SMILES string of the molecule is CC.Cc1cc2ccncc2c(=O)[nH]1. The topological polar surface area (TPSA) is 45.8 Å². The Labute approximate surface area is 82.8 Å². The minimum atomic E-state index is -0.0712. The van der Waals surface area contributed by atoms with E-state index in [1.54, 1.807) is 12.4 Å². The van der Waals surface area contributed by atoms with Gasteiger partial charge >= 0.3 is 0 Å². The number of fused-ring (bicyclic) bond motifs is 1. The van der Waals surface area contributed by atoms with Crippen molar-refractivity contribution in [1.82, 2.24) is 9.97 Å². The monoisotopic (exact) mass is 190 g/mol. The number of H-pyrrole nitrogens is 1. The van der Waals surface area contributed by atoms with Gasteiger partial charge in [0.15, 0.2) is 0 Å². The van der Waals surface area contributed by atoms with E-state index in [9.17, 15) is 4.79 Å². The Morgan fingerprint density at radius 1 is 1.36 bits per heavy atom. The molecule has 0 amide bonds. The van der Waals surface area contributed by atoms with Gasteiger partial charge in [0.25, 0.3) is 5.56 Å². The molecule has 0 atom stereocenters. The van der Waals surface area contributed by atoms with E-state index in [2.05, 4.69) is 9.97 Å². The fraction of sp³-hybridized carbons (Fsp3) is 0.273. The summed E-state index contributed by atoms with van der Waals surface area (Å²) in [6, 6.07) is 3.76. The first kappa shape index (κ1) is 10.4. The van der Waals surface area contributed by atoms with Crippen molar-refractivity contribution in [3.63, 3.8) is 0 Å². The van der Waals surface area contributed by atoms with Crippen LogP contribution in [0.2, 0.25) is 0 Å². The molecule has 0 saturated carbocycles. The minimum Gasteiger partial charge on any atom is -0.326 e. The van der Waals surface area contributed by atoms with Crippen LogP contribution >= 0.6 is 0 Å². The normalized spacial score (nSPS) is 9.36. The van der Waals surface area contributed by atoms with Gasteiger partial charge in [-0.15, -0.1) is 0 Å². The minimum absolute atomic E-state index is 0.0712. The Balaban J connectivity index is 0.000000461. The third-order valence-corrected chi connectivity index (χ3v) is 1.78. The maximum atomic E-state index is 11.3. The van der Waals surface area contributed by atoms with Gasteiger partial charge in [-0.25, -0.2) is 0 Å². The molecule has 0 aliphatic rings. The fourth-order valence-electron chi connectivity index (χ4n) is 1.24. The molecule has 0 aliphatic carbocycles. The zero-order valence-electron chi connectivity index (χ0n) is 8.66. The summed E-state index contributed by atoms with van der Waals surface area (Å²) < 4.78 is 0. The van der Waals surface area contributed by atoms with Gasteiger partial charge in [0, 0.05) is 18.1 Å². The summed E-state index contributed by atoms with van der Waals surface area (Å²) in [7, 11) is 0. The number of aryl methyl sites for hydroxylation is 1. The van der Waals surface area contributed by atoms with E-state index in [1.165, 1.54) is 0 Å². The molecule has 2 aromatic rings. The van der Waals surface area contributed by atoms with E-state index in [0.717, 1.165) is 11.1 Å². The molecule has 2 rings (SSSR count). The summed E-state index contributed by atoms with van der Waals surface area (Å²) in [5, 5.41) is 1.58. The summed E-state index contributed by atoms with van der Waals surface area (Å²) in [6.07, 6.45) is 3.26. The molecule has 3 nitrogen and oxygen atoms in total. The third kappa shape index (κ3) is 1.99. The standard InChI is InChI=1S/C9H8N2O.C2H6/c1-6-4-7-2-3-10-5-8(7)9(12)11-6;1-2/h2-5H,1H3,(H,11,12);1-2H3. The predicted octanol–water partition coefficient (Wildman–Crippen LogP) is 2.26. The molecule has 2 heterocycles. The first-order chi connectivity index (χ1) is 6.77. The average Bonchev–Trinajstić information content (AvgIpc) is 2.20. The Morgan fingerprint density at radius 3 is 2.79 bits per heavy atom. The lowest BCUT2D eigenvalue weighted by Crippen LogP contribution is -2.07. The predicted molar refractivity (Wildman–Crippen MR) is 58.4 cm³/mol. The van der Waals surface area contributed by atoms with Gasteiger partial charge < -0.3 is 4.98 Å². The first-order valence-corrected chi connectivity index (χ1v) is 4.71.